The van der Waals surface area contributed by atoms with Gasteiger partial charge < -0.3 is 10.4 Å². The van der Waals surface area contributed by atoms with E-state index in [1.54, 1.807) is 12.1 Å². The molecule has 110 valence electrons. The second-order valence-corrected chi connectivity index (χ2v) is 6.79. The number of aliphatic hydroxyl groups excluding tert-OH is 1. The van der Waals surface area contributed by atoms with Gasteiger partial charge in [0.25, 0.3) is 0 Å². The van der Waals surface area contributed by atoms with E-state index >= 15 is 0 Å². The molecule has 5 heteroatoms. The van der Waals surface area contributed by atoms with Gasteiger partial charge in [0.1, 0.15) is 0 Å². The standard InChI is InChI=1S/C15H21NO3S/c1-4-6-13(5-2)16-11-15(17)12-7-9-14(10-8-12)20(3,18)19/h2,7-10,13,15-17H,4,6,11H2,1,3H3. The summed E-state index contributed by atoms with van der Waals surface area (Å²) in [7, 11) is -3.21. The van der Waals surface area contributed by atoms with E-state index in [1.165, 1.54) is 12.1 Å². The zero-order valence-electron chi connectivity index (χ0n) is 11.8. The minimum absolute atomic E-state index is 0.0510. The molecular weight excluding hydrogens is 274 g/mol. The summed E-state index contributed by atoms with van der Waals surface area (Å²) < 4.78 is 22.7. The van der Waals surface area contributed by atoms with Gasteiger partial charge in [0.15, 0.2) is 9.84 Å². The van der Waals surface area contributed by atoms with Gasteiger partial charge in [-0.3, -0.25) is 0 Å². The molecular formula is C15H21NO3S. The van der Waals surface area contributed by atoms with Gasteiger partial charge in [0, 0.05) is 12.8 Å². The molecule has 1 rings (SSSR count). The third kappa shape index (κ3) is 4.97. The largest absolute Gasteiger partial charge is 0.387 e. The molecule has 1 aromatic rings. The van der Waals surface area contributed by atoms with Crippen molar-refractivity contribution in [2.45, 2.75) is 36.8 Å². The molecule has 2 N–H and O–H groups in total. The van der Waals surface area contributed by atoms with E-state index in [0.717, 1.165) is 19.1 Å². The molecule has 0 aromatic heterocycles. The Bertz CT molecular complexity index is 558. The monoisotopic (exact) mass is 295 g/mol. The highest BCUT2D eigenvalue weighted by atomic mass is 32.2. The minimum Gasteiger partial charge on any atom is -0.387 e. The Morgan fingerprint density at radius 3 is 2.40 bits per heavy atom. The summed E-state index contributed by atoms with van der Waals surface area (Å²) in [4.78, 5) is 0.244. The number of aliphatic hydroxyl groups is 1. The molecule has 0 bridgehead atoms. The van der Waals surface area contributed by atoms with E-state index in [2.05, 4.69) is 11.2 Å². The summed E-state index contributed by atoms with van der Waals surface area (Å²) >= 11 is 0. The topological polar surface area (TPSA) is 66.4 Å². The fourth-order valence-corrected chi connectivity index (χ4v) is 2.47. The van der Waals surface area contributed by atoms with E-state index in [4.69, 9.17) is 6.42 Å². The van der Waals surface area contributed by atoms with Gasteiger partial charge in [0.05, 0.1) is 17.0 Å². The zero-order valence-corrected chi connectivity index (χ0v) is 12.7. The number of terminal acetylenes is 1. The predicted molar refractivity (Wildman–Crippen MR) is 80.0 cm³/mol. The number of sulfone groups is 1. The molecule has 0 aliphatic rings. The van der Waals surface area contributed by atoms with Crippen molar-refractivity contribution in [3.63, 3.8) is 0 Å². The smallest absolute Gasteiger partial charge is 0.175 e. The predicted octanol–water partition coefficient (Wildman–Crippen LogP) is 1.52. The van der Waals surface area contributed by atoms with E-state index in [9.17, 15) is 13.5 Å². The van der Waals surface area contributed by atoms with Crippen LogP contribution in [-0.4, -0.2) is 32.4 Å². The SMILES string of the molecule is C#CC(CCC)NCC(O)c1ccc(S(C)(=O)=O)cc1. The van der Waals surface area contributed by atoms with E-state index in [1.807, 2.05) is 6.92 Å². The van der Waals surface area contributed by atoms with Crippen molar-refractivity contribution in [2.75, 3.05) is 12.8 Å². The Labute approximate surface area is 121 Å². The molecule has 0 amide bonds. The lowest BCUT2D eigenvalue weighted by Gasteiger charge is -2.16. The third-order valence-corrected chi connectivity index (χ3v) is 4.16. The van der Waals surface area contributed by atoms with Gasteiger partial charge in [-0.05, 0) is 24.1 Å². The summed E-state index contributed by atoms with van der Waals surface area (Å²) in [5, 5.41) is 13.2. The van der Waals surface area contributed by atoms with Crippen LogP contribution in [0.3, 0.4) is 0 Å². The molecule has 2 unspecified atom stereocenters. The average molecular weight is 295 g/mol. The van der Waals surface area contributed by atoms with Crippen LogP contribution in [0, 0.1) is 12.3 Å². The Hall–Kier alpha value is -1.35. The Kier molecular flexibility index (Phi) is 6.21. The third-order valence-electron chi connectivity index (χ3n) is 3.03. The van der Waals surface area contributed by atoms with Crippen molar-refractivity contribution >= 4 is 9.84 Å². The number of nitrogens with one attached hydrogen (secondary N) is 1. The summed E-state index contributed by atoms with van der Waals surface area (Å²) in [6, 6.07) is 6.18. The van der Waals surface area contributed by atoms with Crippen molar-refractivity contribution in [2.24, 2.45) is 0 Å². The maximum absolute atomic E-state index is 11.3. The van der Waals surface area contributed by atoms with E-state index in [0.29, 0.717) is 12.1 Å². The van der Waals surface area contributed by atoms with Gasteiger partial charge in [-0.1, -0.05) is 31.4 Å². The maximum Gasteiger partial charge on any atom is 0.175 e. The van der Waals surface area contributed by atoms with Gasteiger partial charge in [0.2, 0.25) is 0 Å². The molecule has 0 heterocycles. The molecule has 0 saturated heterocycles. The normalized spacial score (nSPS) is 14.5. The minimum atomic E-state index is -3.21. The Balaban J connectivity index is 2.65. The van der Waals surface area contributed by atoms with Crippen LogP contribution in [0.4, 0.5) is 0 Å². The van der Waals surface area contributed by atoms with Crippen LogP contribution >= 0.6 is 0 Å². The summed E-state index contributed by atoms with van der Waals surface area (Å²) in [6.45, 7) is 2.39. The van der Waals surface area contributed by atoms with Crippen LogP contribution < -0.4 is 5.32 Å². The molecule has 0 fully saturated rings. The van der Waals surface area contributed by atoms with Crippen LogP contribution in [0.15, 0.2) is 29.2 Å². The first-order valence-corrected chi connectivity index (χ1v) is 8.45. The van der Waals surface area contributed by atoms with Crippen molar-refractivity contribution < 1.29 is 13.5 Å². The molecule has 0 saturated carbocycles. The zero-order chi connectivity index (χ0) is 15.2. The van der Waals surface area contributed by atoms with E-state index < -0.39 is 15.9 Å². The number of hydrogen-bond donors (Lipinski definition) is 2. The van der Waals surface area contributed by atoms with Crippen LogP contribution in [0.25, 0.3) is 0 Å². The van der Waals surface area contributed by atoms with Crippen molar-refractivity contribution in [3.05, 3.63) is 29.8 Å². The summed E-state index contributed by atoms with van der Waals surface area (Å²) in [5.41, 5.74) is 0.664. The quantitative estimate of drug-likeness (QED) is 0.748. The Morgan fingerprint density at radius 2 is 1.95 bits per heavy atom. The maximum atomic E-state index is 11.3. The summed E-state index contributed by atoms with van der Waals surface area (Å²) in [5.74, 6) is 2.64. The number of hydrogen-bond acceptors (Lipinski definition) is 4. The summed E-state index contributed by atoms with van der Waals surface area (Å²) in [6.07, 6.45) is 7.66. The fourth-order valence-electron chi connectivity index (χ4n) is 1.84. The molecule has 0 aliphatic heterocycles. The van der Waals surface area contributed by atoms with Gasteiger partial charge in [-0.2, -0.15) is 0 Å². The van der Waals surface area contributed by atoms with Crippen molar-refractivity contribution in [3.8, 4) is 12.3 Å². The van der Waals surface area contributed by atoms with Gasteiger partial charge in [-0.25, -0.2) is 8.42 Å². The second kappa shape index (κ2) is 7.44. The van der Waals surface area contributed by atoms with Crippen LogP contribution in [0.1, 0.15) is 31.4 Å². The highest BCUT2D eigenvalue weighted by Crippen LogP contribution is 2.16. The van der Waals surface area contributed by atoms with Crippen molar-refractivity contribution in [1.29, 1.82) is 0 Å². The van der Waals surface area contributed by atoms with Crippen LogP contribution in [0.2, 0.25) is 0 Å². The van der Waals surface area contributed by atoms with Crippen LogP contribution in [0.5, 0.6) is 0 Å². The molecule has 0 aliphatic carbocycles. The highest BCUT2D eigenvalue weighted by Gasteiger charge is 2.12. The molecule has 0 radical (unpaired) electrons. The molecule has 1 aromatic carbocycles. The van der Waals surface area contributed by atoms with Gasteiger partial charge >= 0.3 is 0 Å². The molecule has 20 heavy (non-hydrogen) atoms. The molecule has 0 spiro atoms. The first-order valence-electron chi connectivity index (χ1n) is 6.56. The first kappa shape index (κ1) is 16.7. The van der Waals surface area contributed by atoms with Gasteiger partial charge in [-0.15, -0.1) is 6.42 Å². The lowest BCUT2D eigenvalue weighted by Crippen LogP contribution is -2.31. The van der Waals surface area contributed by atoms with Crippen molar-refractivity contribution in [1.82, 2.24) is 5.32 Å². The highest BCUT2D eigenvalue weighted by molar-refractivity contribution is 7.90. The lowest BCUT2D eigenvalue weighted by molar-refractivity contribution is 0.172. The number of rotatable bonds is 7. The van der Waals surface area contributed by atoms with E-state index in [-0.39, 0.29) is 10.9 Å². The number of benzene rings is 1. The first-order chi connectivity index (χ1) is 9.38. The average Bonchev–Trinajstić information content (AvgIpc) is 2.42. The fraction of sp³-hybridized carbons (Fsp3) is 0.467. The second-order valence-electron chi connectivity index (χ2n) is 4.77. The Morgan fingerprint density at radius 1 is 1.35 bits per heavy atom. The molecule has 2 atom stereocenters. The molecule has 4 nitrogen and oxygen atoms in total. The van der Waals surface area contributed by atoms with Crippen LogP contribution in [-0.2, 0) is 9.84 Å². The lowest BCUT2D eigenvalue weighted by atomic mass is 10.1.